The molecule has 0 saturated heterocycles. The van der Waals surface area contributed by atoms with E-state index < -0.39 is 66.2 Å². The maximum Gasteiger partial charge on any atom is 0.348 e. The number of aliphatic carboxylic acids is 1. The summed E-state index contributed by atoms with van der Waals surface area (Å²) < 4.78 is 10.2. The molecular weight excluding hydrogens is 492 g/mol. The van der Waals surface area contributed by atoms with E-state index in [1.54, 1.807) is 0 Å². The molecule has 7 N–H and O–H groups in total. The van der Waals surface area contributed by atoms with Crippen LogP contribution in [0.3, 0.4) is 0 Å². The summed E-state index contributed by atoms with van der Waals surface area (Å²) in [5.41, 5.74) is -1.73. The van der Waals surface area contributed by atoms with E-state index in [-0.39, 0.29) is 17.1 Å². The molecule has 1 aliphatic carbocycles. The number of aromatic hydroxyl groups is 4. The normalized spacial score (nSPS) is 23.7. The van der Waals surface area contributed by atoms with Crippen molar-refractivity contribution in [3.8, 4) is 23.0 Å². The van der Waals surface area contributed by atoms with Gasteiger partial charge in [0.15, 0.2) is 23.0 Å². The van der Waals surface area contributed by atoms with Gasteiger partial charge in [-0.05, 0) is 47.5 Å². The number of esters is 2. The van der Waals surface area contributed by atoms with Crippen LogP contribution in [0.25, 0.3) is 12.2 Å². The predicted octanol–water partition coefficient (Wildman–Crippen LogP) is 1.03. The van der Waals surface area contributed by atoms with Gasteiger partial charge in [-0.3, -0.25) is 0 Å². The fraction of sp³-hybridized carbons (Fsp3) is 0.240. The van der Waals surface area contributed by atoms with Crippen molar-refractivity contribution in [2.24, 2.45) is 0 Å². The molecule has 2 aromatic carbocycles. The minimum atomic E-state index is -2.34. The van der Waals surface area contributed by atoms with Gasteiger partial charge in [0.25, 0.3) is 0 Å². The van der Waals surface area contributed by atoms with Crippen LogP contribution in [-0.2, 0) is 23.9 Å². The van der Waals surface area contributed by atoms with Gasteiger partial charge in [0.05, 0.1) is 6.10 Å². The van der Waals surface area contributed by atoms with Gasteiger partial charge in [0, 0.05) is 25.0 Å². The third-order valence-electron chi connectivity index (χ3n) is 5.62. The molecule has 0 aliphatic heterocycles. The first kappa shape index (κ1) is 27.0. The molecule has 12 heteroatoms. The zero-order valence-corrected chi connectivity index (χ0v) is 19.1. The molecule has 0 unspecified atom stereocenters. The van der Waals surface area contributed by atoms with Crippen molar-refractivity contribution < 1.29 is 59.6 Å². The molecule has 1 aliphatic rings. The van der Waals surface area contributed by atoms with Crippen LogP contribution in [0.4, 0.5) is 0 Å². The average molecular weight is 516 g/mol. The SMILES string of the molecule is O=C(/C=C\c1ccc(O)c(O)c1)O[C@@H]1C[C@@](OC(=O)/C=C\c2ccc(O)c(O)c2)(C(=O)O)C[C@@H](O)[C@@H]1O. The monoisotopic (exact) mass is 516 g/mol. The van der Waals surface area contributed by atoms with Crippen LogP contribution in [0.15, 0.2) is 48.6 Å². The van der Waals surface area contributed by atoms with Crippen molar-refractivity contribution >= 4 is 30.1 Å². The number of carbonyl (C=O) groups excluding carboxylic acids is 2. The molecule has 196 valence electrons. The van der Waals surface area contributed by atoms with Crippen LogP contribution >= 0.6 is 0 Å². The Hall–Kier alpha value is -4.55. The molecule has 0 amide bonds. The summed E-state index contributed by atoms with van der Waals surface area (Å²) in [6, 6.07) is 7.44. The number of ether oxygens (including phenoxy) is 2. The molecule has 2 aromatic rings. The number of benzene rings is 2. The van der Waals surface area contributed by atoms with Crippen molar-refractivity contribution in [3.05, 3.63) is 59.7 Å². The van der Waals surface area contributed by atoms with E-state index >= 15 is 0 Å². The van der Waals surface area contributed by atoms with Gasteiger partial charge in [-0.2, -0.15) is 0 Å². The predicted molar refractivity (Wildman–Crippen MR) is 125 cm³/mol. The lowest BCUT2D eigenvalue weighted by molar-refractivity contribution is -0.207. The second kappa shape index (κ2) is 11.0. The Morgan fingerprint density at radius 1 is 0.784 bits per heavy atom. The number of rotatable bonds is 7. The number of carboxylic acid groups (broad SMARTS) is 1. The van der Waals surface area contributed by atoms with Crippen LogP contribution in [0.1, 0.15) is 24.0 Å². The number of phenols is 4. The maximum absolute atomic E-state index is 12.4. The summed E-state index contributed by atoms with van der Waals surface area (Å²) in [4.78, 5) is 36.7. The lowest BCUT2D eigenvalue weighted by Crippen LogP contribution is -2.58. The molecule has 0 radical (unpaired) electrons. The Bertz CT molecular complexity index is 1250. The second-order valence-corrected chi connectivity index (χ2v) is 8.33. The molecule has 1 fully saturated rings. The number of carboxylic acids is 1. The van der Waals surface area contributed by atoms with E-state index in [2.05, 4.69) is 0 Å². The van der Waals surface area contributed by atoms with Gasteiger partial charge >= 0.3 is 17.9 Å². The maximum atomic E-state index is 12.4. The lowest BCUT2D eigenvalue weighted by Gasteiger charge is -2.41. The van der Waals surface area contributed by atoms with Gasteiger partial charge in [-0.1, -0.05) is 12.1 Å². The number of hydrogen-bond donors (Lipinski definition) is 7. The number of aliphatic hydroxyl groups excluding tert-OH is 2. The first-order valence-electron chi connectivity index (χ1n) is 10.8. The Morgan fingerprint density at radius 2 is 1.30 bits per heavy atom. The third-order valence-corrected chi connectivity index (χ3v) is 5.62. The molecule has 3 rings (SSSR count). The highest BCUT2D eigenvalue weighted by molar-refractivity contribution is 5.91. The molecule has 0 aromatic heterocycles. The first-order chi connectivity index (χ1) is 17.4. The first-order valence-corrected chi connectivity index (χ1v) is 10.8. The van der Waals surface area contributed by atoms with E-state index in [4.69, 9.17) is 9.47 Å². The van der Waals surface area contributed by atoms with E-state index in [0.717, 1.165) is 18.2 Å². The van der Waals surface area contributed by atoms with Crippen molar-refractivity contribution in [1.82, 2.24) is 0 Å². The van der Waals surface area contributed by atoms with Crippen molar-refractivity contribution in [1.29, 1.82) is 0 Å². The minimum absolute atomic E-state index is 0.288. The molecule has 0 bridgehead atoms. The molecule has 4 atom stereocenters. The zero-order valence-electron chi connectivity index (χ0n) is 19.1. The fourth-order valence-corrected chi connectivity index (χ4v) is 3.68. The Labute approximate surface area is 209 Å². The zero-order chi connectivity index (χ0) is 27.3. The van der Waals surface area contributed by atoms with Crippen molar-refractivity contribution in [3.63, 3.8) is 0 Å². The largest absolute Gasteiger partial charge is 0.504 e. The second-order valence-electron chi connectivity index (χ2n) is 8.33. The van der Waals surface area contributed by atoms with Crippen LogP contribution in [0.5, 0.6) is 23.0 Å². The van der Waals surface area contributed by atoms with E-state index in [9.17, 15) is 50.1 Å². The summed E-state index contributed by atoms with van der Waals surface area (Å²) in [6.07, 6.45) is -2.09. The molecule has 0 spiro atoms. The molecular formula is C25H24O12. The van der Waals surface area contributed by atoms with Gasteiger partial charge in [0.1, 0.15) is 12.2 Å². The molecule has 12 nitrogen and oxygen atoms in total. The quantitative estimate of drug-likeness (QED) is 0.156. The van der Waals surface area contributed by atoms with Gasteiger partial charge < -0.3 is 45.2 Å². The summed E-state index contributed by atoms with van der Waals surface area (Å²) in [5.74, 6) is -5.41. The standard InChI is InChI=1S/C25H24O12/c26-15-5-1-13(9-17(15)28)3-7-21(31)36-20-12-25(24(34)35,11-19(30)23(20)33)37-22(32)8-4-14-2-6-16(27)18(29)10-14/h1-10,19-20,23,26-30,33H,11-12H2,(H,34,35)/b7-3-,8-4-/t19-,20-,23+,25-/m1/s1. The fourth-order valence-electron chi connectivity index (χ4n) is 3.68. The van der Waals surface area contributed by atoms with Crippen molar-refractivity contribution in [2.75, 3.05) is 0 Å². The third kappa shape index (κ3) is 6.57. The van der Waals surface area contributed by atoms with Gasteiger partial charge in [0.2, 0.25) is 5.60 Å². The van der Waals surface area contributed by atoms with Crippen LogP contribution in [0.2, 0.25) is 0 Å². The molecule has 37 heavy (non-hydrogen) atoms. The van der Waals surface area contributed by atoms with E-state index in [1.807, 2.05) is 0 Å². The number of hydrogen-bond acceptors (Lipinski definition) is 11. The average Bonchev–Trinajstić information content (AvgIpc) is 2.83. The smallest absolute Gasteiger partial charge is 0.348 e. The number of aliphatic hydroxyl groups is 2. The highest BCUT2D eigenvalue weighted by Gasteiger charge is 2.54. The Kier molecular flexibility index (Phi) is 8.05. The Morgan fingerprint density at radius 3 is 1.78 bits per heavy atom. The van der Waals surface area contributed by atoms with Gasteiger partial charge in [-0.15, -0.1) is 0 Å². The summed E-state index contributed by atoms with van der Waals surface area (Å²) in [5, 5.41) is 68.0. The number of carbonyl (C=O) groups is 3. The number of phenolic OH excluding ortho intramolecular Hbond substituents is 4. The minimum Gasteiger partial charge on any atom is -0.504 e. The summed E-state index contributed by atoms with van der Waals surface area (Å²) >= 11 is 0. The highest BCUT2D eigenvalue weighted by atomic mass is 16.6. The highest BCUT2D eigenvalue weighted by Crippen LogP contribution is 2.35. The van der Waals surface area contributed by atoms with Crippen LogP contribution in [-0.4, -0.2) is 77.6 Å². The summed E-state index contributed by atoms with van der Waals surface area (Å²) in [6.45, 7) is 0. The van der Waals surface area contributed by atoms with Crippen LogP contribution in [0, 0.1) is 0 Å². The topological polar surface area (TPSA) is 211 Å². The van der Waals surface area contributed by atoms with E-state index in [0.29, 0.717) is 5.56 Å². The molecule has 0 heterocycles. The molecule has 1 saturated carbocycles. The Balaban J connectivity index is 1.73. The summed E-state index contributed by atoms with van der Waals surface area (Å²) in [7, 11) is 0. The van der Waals surface area contributed by atoms with Crippen molar-refractivity contribution in [2.45, 2.75) is 36.8 Å². The lowest BCUT2D eigenvalue weighted by atomic mass is 9.79. The van der Waals surface area contributed by atoms with Crippen LogP contribution < -0.4 is 0 Å². The van der Waals surface area contributed by atoms with E-state index in [1.165, 1.54) is 42.5 Å². The van der Waals surface area contributed by atoms with Gasteiger partial charge in [-0.25, -0.2) is 14.4 Å².